The standard InChI is InChI=1S/C19H36N4O2S.HI/c1-22(2)18(24)14-21-19(20-10-13-26-3)23-11-8-17(9-12-23)25-15-16-6-4-5-7-16;/h16-17H,4-15H2,1-3H3,(H,20,21);1H. The van der Waals surface area contributed by atoms with Crippen LogP contribution in [0.3, 0.4) is 0 Å². The van der Waals surface area contributed by atoms with Crippen molar-refractivity contribution in [3.63, 3.8) is 0 Å². The van der Waals surface area contributed by atoms with Crippen LogP contribution in [0.5, 0.6) is 0 Å². The Morgan fingerprint density at radius 1 is 1.22 bits per heavy atom. The van der Waals surface area contributed by atoms with Crippen molar-refractivity contribution in [2.75, 3.05) is 58.9 Å². The third kappa shape index (κ3) is 9.21. The van der Waals surface area contributed by atoms with Crippen LogP contribution in [0.1, 0.15) is 38.5 Å². The second kappa shape index (κ2) is 13.9. The number of nitrogens with zero attached hydrogens (tertiary/aromatic N) is 3. The maximum Gasteiger partial charge on any atom is 0.243 e. The third-order valence-electron chi connectivity index (χ3n) is 5.24. The van der Waals surface area contributed by atoms with Crippen LogP contribution in [0.15, 0.2) is 4.99 Å². The number of amides is 1. The highest BCUT2D eigenvalue weighted by molar-refractivity contribution is 14.0. The Bertz CT molecular complexity index is 451. The number of aliphatic imine (C=N–C) groups is 1. The molecule has 1 saturated heterocycles. The zero-order chi connectivity index (χ0) is 18.8. The molecular weight excluding hydrogens is 475 g/mol. The highest BCUT2D eigenvalue weighted by atomic mass is 127. The van der Waals surface area contributed by atoms with Crippen molar-refractivity contribution in [1.82, 2.24) is 15.1 Å². The number of halogens is 1. The molecule has 1 heterocycles. The van der Waals surface area contributed by atoms with Crippen LogP contribution in [0.2, 0.25) is 0 Å². The first-order chi connectivity index (χ1) is 12.6. The summed E-state index contributed by atoms with van der Waals surface area (Å²) in [6, 6.07) is 0. The Labute approximate surface area is 186 Å². The monoisotopic (exact) mass is 512 g/mol. The predicted molar refractivity (Wildman–Crippen MR) is 125 cm³/mol. The molecule has 0 atom stereocenters. The van der Waals surface area contributed by atoms with Crippen molar-refractivity contribution < 1.29 is 9.53 Å². The van der Waals surface area contributed by atoms with Gasteiger partial charge in [0.05, 0.1) is 6.10 Å². The SMILES string of the molecule is CSCCNC(=NCC(=O)N(C)C)N1CCC(OCC2CCCC2)CC1.I. The van der Waals surface area contributed by atoms with Gasteiger partial charge in [-0.3, -0.25) is 4.79 Å². The number of likely N-dealkylation sites (N-methyl/N-ethyl adjacent to an activating group) is 1. The molecule has 8 heteroatoms. The van der Waals surface area contributed by atoms with E-state index in [2.05, 4.69) is 21.5 Å². The van der Waals surface area contributed by atoms with Gasteiger partial charge in [0.25, 0.3) is 0 Å². The Kier molecular flexibility index (Phi) is 12.8. The van der Waals surface area contributed by atoms with E-state index in [1.807, 2.05) is 11.8 Å². The zero-order valence-corrected chi connectivity index (χ0v) is 20.3. The summed E-state index contributed by atoms with van der Waals surface area (Å²) < 4.78 is 6.17. The molecule has 2 fully saturated rings. The molecule has 6 nitrogen and oxygen atoms in total. The summed E-state index contributed by atoms with van der Waals surface area (Å²) in [5.74, 6) is 2.71. The van der Waals surface area contributed by atoms with Gasteiger partial charge < -0.3 is 19.9 Å². The van der Waals surface area contributed by atoms with Crippen LogP contribution in [0.4, 0.5) is 0 Å². The topological polar surface area (TPSA) is 57.2 Å². The van der Waals surface area contributed by atoms with Crippen LogP contribution in [-0.2, 0) is 9.53 Å². The molecule has 0 unspecified atom stereocenters. The maximum absolute atomic E-state index is 11.9. The fourth-order valence-electron chi connectivity index (χ4n) is 3.50. The Hall–Kier alpha value is -0.220. The molecule has 2 rings (SSSR count). The lowest BCUT2D eigenvalue weighted by Crippen LogP contribution is -2.48. The molecular formula is C19H37IN4O2S. The Morgan fingerprint density at radius 3 is 2.48 bits per heavy atom. The minimum atomic E-state index is 0. The maximum atomic E-state index is 11.9. The van der Waals surface area contributed by atoms with Crippen molar-refractivity contribution in [3.05, 3.63) is 0 Å². The molecule has 0 spiro atoms. The first-order valence-electron chi connectivity index (χ1n) is 9.94. The van der Waals surface area contributed by atoms with E-state index < -0.39 is 0 Å². The highest BCUT2D eigenvalue weighted by Crippen LogP contribution is 2.26. The van der Waals surface area contributed by atoms with E-state index in [4.69, 9.17) is 4.74 Å². The molecule has 27 heavy (non-hydrogen) atoms. The van der Waals surface area contributed by atoms with E-state index in [-0.39, 0.29) is 36.4 Å². The summed E-state index contributed by atoms with van der Waals surface area (Å²) in [5.41, 5.74) is 0. The summed E-state index contributed by atoms with van der Waals surface area (Å²) in [6.45, 7) is 3.89. The number of thioether (sulfide) groups is 1. The van der Waals surface area contributed by atoms with Gasteiger partial charge in [0.2, 0.25) is 5.91 Å². The first-order valence-corrected chi connectivity index (χ1v) is 11.3. The number of guanidine groups is 1. The number of likely N-dealkylation sites (tertiary alicyclic amines) is 1. The fraction of sp³-hybridized carbons (Fsp3) is 0.895. The van der Waals surface area contributed by atoms with E-state index in [0.29, 0.717) is 6.10 Å². The second-order valence-corrected chi connectivity index (χ2v) is 8.50. The summed E-state index contributed by atoms with van der Waals surface area (Å²) in [4.78, 5) is 20.3. The second-order valence-electron chi connectivity index (χ2n) is 7.52. The first kappa shape index (κ1) is 24.8. The molecule has 0 radical (unpaired) electrons. The molecule has 2 aliphatic rings. The number of carbonyl (C=O) groups excluding carboxylic acids is 1. The smallest absolute Gasteiger partial charge is 0.243 e. The van der Waals surface area contributed by atoms with E-state index in [0.717, 1.165) is 56.7 Å². The predicted octanol–water partition coefficient (Wildman–Crippen LogP) is 2.67. The number of hydrogen-bond donors (Lipinski definition) is 1. The lowest BCUT2D eigenvalue weighted by Gasteiger charge is -2.34. The molecule has 0 aromatic rings. The van der Waals surface area contributed by atoms with Gasteiger partial charge in [-0.15, -0.1) is 24.0 Å². The normalized spacial score (nSPS) is 19.1. The van der Waals surface area contributed by atoms with Gasteiger partial charge in [-0.1, -0.05) is 12.8 Å². The van der Waals surface area contributed by atoms with Gasteiger partial charge in [-0.05, 0) is 37.9 Å². The van der Waals surface area contributed by atoms with Crippen LogP contribution in [-0.4, -0.2) is 86.7 Å². The van der Waals surface area contributed by atoms with Gasteiger partial charge in [0.15, 0.2) is 5.96 Å². The van der Waals surface area contributed by atoms with Crippen molar-refractivity contribution in [3.8, 4) is 0 Å². The molecule has 1 N–H and O–H groups in total. The van der Waals surface area contributed by atoms with Gasteiger partial charge in [-0.25, -0.2) is 4.99 Å². The Balaban J connectivity index is 0.00000364. The summed E-state index contributed by atoms with van der Waals surface area (Å²) in [6.07, 6.45) is 9.99. The average Bonchev–Trinajstić information content (AvgIpc) is 3.16. The van der Waals surface area contributed by atoms with Crippen LogP contribution < -0.4 is 5.32 Å². The van der Waals surface area contributed by atoms with Crippen LogP contribution in [0, 0.1) is 5.92 Å². The van der Waals surface area contributed by atoms with E-state index in [9.17, 15) is 4.79 Å². The quantitative estimate of drug-likeness (QED) is 0.235. The lowest BCUT2D eigenvalue weighted by atomic mass is 10.1. The molecule has 1 aliphatic carbocycles. The lowest BCUT2D eigenvalue weighted by molar-refractivity contribution is -0.127. The number of ether oxygens (including phenoxy) is 1. The average molecular weight is 513 g/mol. The largest absolute Gasteiger partial charge is 0.378 e. The minimum absolute atomic E-state index is 0. The number of hydrogen-bond acceptors (Lipinski definition) is 4. The fourth-order valence-corrected chi connectivity index (χ4v) is 3.81. The van der Waals surface area contributed by atoms with Crippen molar-refractivity contribution >= 4 is 47.6 Å². The zero-order valence-electron chi connectivity index (χ0n) is 17.1. The van der Waals surface area contributed by atoms with E-state index >= 15 is 0 Å². The van der Waals surface area contributed by atoms with E-state index in [1.54, 1.807) is 19.0 Å². The molecule has 0 bridgehead atoms. The number of rotatable bonds is 8. The van der Waals surface area contributed by atoms with E-state index in [1.165, 1.54) is 25.7 Å². The summed E-state index contributed by atoms with van der Waals surface area (Å²) >= 11 is 1.81. The van der Waals surface area contributed by atoms with Crippen molar-refractivity contribution in [1.29, 1.82) is 0 Å². The number of piperidine rings is 1. The molecule has 1 saturated carbocycles. The minimum Gasteiger partial charge on any atom is -0.378 e. The van der Waals surface area contributed by atoms with Crippen LogP contribution in [0.25, 0.3) is 0 Å². The molecule has 1 aliphatic heterocycles. The van der Waals surface area contributed by atoms with Gasteiger partial charge >= 0.3 is 0 Å². The van der Waals surface area contributed by atoms with Gasteiger partial charge in [0, 0.05) is 46.1 Å². The van der Waals surface area contributed by atoms with Gasteiger partial charge in [0.1, 0.15) is 6.54 Å². The highest BCUT2D eigenvalue weighted by Gasteiger charge is 2.24. The summed E-state index contributed by atoms with van der Waals surface area (Å²) in [5, 5.41) is 3.42. The molecule has 158 valence electrons. The number of carbonyl (C=O) groups is 1. The molecule has 0 aromatic carbocycles. The molecule has 0 aromatic heterocycles. The Morgan fingerprint density at radius 2 is 1.89 bits per heavy atom. The van der Waals surface area contributed by atoms with Crippen molar-refractivity contribution in [2.45, 2.75) is 44.6 Å². The van der Waals surface area contributed by atoms with Gasteiger partial charge in [-0.2, -0.15) is 11.8 Å². The number of nitrogens with one attached hydrogen (secondary N) is 1. The van der Waals surface area contributed by atoms with Crippen LogP contribution >= 0.6 is 35.7 Å². The van der Waals surface area contributed by atoms with Crippen molar-refractivity contribution in [2.24, 2.45) is 10.9 Å². The molecule has 1 amide bonds. The summed E-state index contributed by atoms with van der Waals surface area (Å²) in [7, 11) is 3.54. The third-order valence-corrected chi connectivity index (χ3v) is 5.85.